The molecular weight excluding hydrogens is 394 g/mol. The van der Waals surface area contributed by atoms with Gasteiger partial charge in [0.2, 0.25) is 0 Å². The number of rotatable bonds is 7. The van der Waals surface area contributed by atoms with Crippen LogP contribution in [0.3, 0.4) is 0 Å². The minimum Gasteiger partial charge on any atom is -0.391 e. The lowest BCUT2D eigenvalue weighted by Gasteiger charge is -2.27. The van der Waals surface area contributed by atoms with E-state index in [4.69, 9.17) is 9.84 Å². The Morgan fingerprint density at radius 3 is 2.55 bits per heavy atom. The summed E-state index contributed by atoms with van der Waals surface area (Å²) in [6.45, 7) is 12.5. The summed E-state index contributed by atoms with van der Waals surface area (Å²) in [4.78, 5) is 14.8. The van der Waals surface area contributed by atoms with Crippen LogP contribution in [0.25, 0.3) is 5.69 Å². The van der Waals surface area contributed by atoms with E-state index in [9.17, 15) is 9.90 Å². The molecule has 2 heterocycles. The van der Waals surface area contributed by atoms with Gasteiger partial charge in [0.1, 0.15) is 5.82 Å². The molecule has 1 atom stereocenters. The van der Waals surface area contributed by atoms with E-state index in [0.29, 0.717) is 12.2 Å². The summed E-state index contributed by atoms with van der Waals surface area (Å²) >= 11 is 0. The van der Waals surface area contributed by atoms with Crippen molar-refractivity contribution in [3.63, 3.8) is 0 Å². The van der Waals surface area contributed by atoms with Gasteiger partial charge >= 0.3 is 6.03 Å². The predicted molar refractivity (Wildman–Crippen MR) is 122 cm³/mol. The Bertz CT molecular complexity index is 851. The summed E-state index contributed by atoms with van der Waals surface area (Å²) < 4.78 is 7.08. The number of amides is 2. The second-order valence-corrected chi connectivity index (χ2v) is 9.14. The van der Waals surface area contributed by atoms with E-state index in [1.807, 2.05) is 37.3 Å². The van der Waals surface area contributed by atoms with Gasteiger partial charge in [0.25, 0.3) is 0 Å². The largest absolute Gasteiger partial charge is 0.391 e. The van der Waals surface area contributed by atoms with Crippen LogP contribution in [0.1, 0.15) is 38.4 Å². The van der Waals surface area contributed by atoms with Gasteiger partial charge in [-0.25, -0.2) is 9.48 Å². The quantitative estimate of drug-likeness (QED) is 0.629. The molecule has 1 saturated heterocycles. The normalized spacial score (nSPS) is 16.2. The second kappa shape index (κ2) is 10.3. The molecule has 0 aliphatic carbocycles. The number of benzene rings is 1. The fourth-order valence-electron chi connectivity index (χ4n) is 3.35. The lowest BCUT2D eigenvalue weighted by molar-refractivity contribution is 0.0304. The van der Waals surface area contributed by atoms with E-state index in [2.05, 4.69) is 36.3 Å². The van der Waals surface area contributed by atoms with Crippen LogP contribution < -0.4 is 10.6 Å². The predicted octanol–water partition coefficient (Wildman–Crippen LogP) is 2.68. The number of urea groups is 1. The molecular formula is C23H35N5O3. The number of nitrogens with zero attached hydrogens (tertiary/aromatic N) is 3. The van der Waals surface area contributed by atoms with Crippen molar-refractivity contribution in [2.45, 2.75) is 45.6 Å². The Labute approximate surface area is 184 Å². The fraction of sp³-hybridized carbons (Fsp3) is 0.565. The number of hydrogen-bond donors (Lipinski definition) is 3. The first-order chi connectivity index (χ1) is 14.7. The highest BCUT2D eigenvalue weighted by Crippen LogP contribution is 2.26. The summed E-state index contributed by atoms with van der Waals surface area (Å²) in [5.41, 5.74) is 2.76. The number of carbonyl (C=O) groups is 1. The number of hydrogen-bond acceptors (Lipinski definition) is 5. The molecule has 1 fully saturated rings. The Morgan fingerprint density at radius 1 is 1.23 bits per heavy atom. The van der Waals surface area contributed by atoms with Crippen molar-refractivity contribution in [2.75, 3.05) is 44.7 Å². The van der Waals surface area contributed by atoms with Crippen molar-refractivity contribution in [2.24, 2.45) is 0 Å². The summed E-state index contributed by atoms with van der Waals surface area (Å²) in [6, 6.07) is 9.53. The molecule has 8 heteroatoms. The Balaban J connectivity index is 1.59. The van der Waals surface area contributed by atoms with Gasteiger partial charge in [-0.05, 0) is 25.5 Å². The Morgan fingerprint density at radius 2 is 1.90 bits per heavy atom. The zero-order valence-corrected chi connectivity index (χ0v) is 19.0. The molecule has 1 aliphatic heterocycles. The van der Waals surface area contributed by atoms with E-state index < -0.39 is 6.10 Å². The van der Waals surface area contributed by atoms with Crippen LogP contribution in [-0.4, -0.2) is 71.3 Å². The number of aliphatic hydroxyl groups is 1. The second-order valence-electron chi connectivity index (χ2n) is 9.14. The molecule has 3 rings (SSSR count). The maximum Gasteiger partial charge on any atom is 0.320 e. The molecule has 2 aromatic rings. The van der Waals surface area contributed by atoms with Crippen LogP contribution in [0.2, 0.25) is 0 Å². The third kappa shape index (κ3) is 6.78. The molecule has 170 valence electrons. The van der Waals surface area contributed by atoms with Crippen LogP contribution >= 0.6 is 0 Å². The van der Waals surface area contributed by atoms with Gasteiger partial charge in [-0.3, -0.25) is 10.2 Å². The van der Waals surface area contributed by atoms with E-state index in [-0.39, 0.29) is 18.0 Å². The van der Waals surface area contributed by atoms with Gasteiger partial charge in [-0.2, -0.15) is 5.10 Å². The molecule has 0 saturated carbocycles. The van der Waals surface area contributed by atoms with E-state index in [1.165, 1.54) is 0 Å². The standard InChI is InChI=1S/C23H35N5O3/c1-17-5-7-18(8-6-17)28-21(15-20(26-28)23(2,3)4)25-22(30)24-16-19(29)9-10-27-11-13-31-14-12-27/h5-8,15,19,29H,9-14,16H2,1-4H3,(H2,24,25,30). The third-order valence-electron chi connectivity index (χ3n) is 5.38. The highest BCUT2D eigenvalue weighted by Gasteiger charge is 2.22. The molecule has 0 bridgehead atoms. The number of nitrogens with one attached hydrogen (secondary N) is 2. The molecule has 3 N–H and O–H groups in total. The SMILES string of the molecule is Cc1ccc(-n2nc(C(C)(C)C)cc2NC(=O)NCC(O)CCN2CCOCC2)cc1. The first-order valence-electron chi connectivity index (χ1n) is 10.9. The number of morpholine rings is 1. The molecule has 0 spiro atoms. The summed E-state index contributed by atoms with van der Waals surface area (Å²) in [7, 11) is 0. The van der Waals surface area contributed by atoms with E-state index >= 15 is 0 Å². The highest BCUT2D eigenvalue weighted by molar-refractivity contribution is 5.88. The lowest BCUT2D eigenvalue weighted by Crippen LogP contribution is -2.40. The van der Waals surface area contributed by atoms with Gasteiger partial charge in [0.15, 0.2) is 0 Å². The van der Waals surface area contributed by atoms with Crippen molar-refractivity contribution in [1.29, 1.82) is 0 Å². The van der Waals surface area contributed by atoms with Gasteiger partial charge in [0.05, 0.1) is 30.7 Å². The average molecular weight is 430 g/mol. The third-order valence-corrected chi connectivity index (χ3v) is 5.38. The van der Waals surface area contributed by atoms with Crippen molar-refractivity contribution < 1.29 is 14.6 Å². The minimum atomic E-state index is -0.597. The number of anilines is 1. The maximum absolute atomic E-state index is 12.5. The van der Waals surface area contributed by atoms with Crippen molar-refractivity contribution in [1.82, 2.24) is 20.0 Å². The molecule has 2 amide bonds. The number of carbonyl (C=O) groups excluding carboxylic acids is 1. The smallest absolute Gasteiger partial charge is 0.320 e. The van der Waals surface area contributed by atoms with E-state index in [1.54, 1.807) is 4.68 Å². The molecule has 1 unspecified atom stereocenters. The molecule has 8 nitrogen and oxygen atoms in total. The fourth-order valence-corrected chi connectivity index (χ4v) is 3.35. The van der Waals surface area contributed by atoms with Crippen molar-refractivity contribution in [3.05, 3.63) is 41.6 Å². The zero-order chi connectivity index (χ0) is 22.4. The number of ether oxygens (including phenoxy) is 1. The molecule has 1 aromatic carbocycles. The van der Waals surface area contributed by atoms with Gasteiger partial charge < -0.3 is 15.2 Å². The zero-order valence-electron chi connectivity index (χ0n) is 19.0. The Kier molecular flexibility index (Phi) is 7.69. The first-order valence-corrected chi connectivity index (χ1v) is 10.9. The monoisotopic (exact) mass is 429 g/mol. The van der Waals surface area contributed by atoms with Crippen molar-refractivity contribution in [3.8, 4) is 5.69 Å². The molecule has 0 radical (unpaired) electrons. The molecule has 1 aliphatic rings. The summed E-state index contributed by atoms with van der Waals surface area (Å²) in [5.74, 6) is 0.592. The molecule has 31 heavy (non-hydrogen) atoms. The van der Waals surface area contributed by atoms with Crippen LogP contribution in [0.5, 0.6) is 0 Å². The summed E-state index contributed by atoms with van der Waals surface area (Å²) in [5, 5.41) is 20.6. The number of aryl methyl sites for hydroxylation is 1. The van der Waals surface area contributed by atoms with Crippen LogP contribution in [0.4, 0.5) is 10.6 Å². The number of aliphatic hydroxyl groups excluding tert-OH is 1. The highest BCUT2D eigenvalue weighted by atomic mass is 16.5. The first kappa shape index (κ1) is 23.2. The Hall–Kier alpha value is -2.42. The van der Waals surface area contributed by atoms with Gasteiger partial charge in [-0.15, -0.1) is 0 Å². The average Bonchev–Trinajstić information content (AvgIpc) is 3.16. The minimum absolute atomic E-state index is 0.154. The topological polar surface area (TPSA) is 91.7 Å². The summed E-state index contributed by atoms with van der Waals surface area (Å²) in [6.07, 6.45) is 0.0104. The molecule has 1 aromatic heterocycles. The van der Waals surface area contributed by atoms with Gasteiger partial charge in [0, 0.05) is 37.7 Å². The lowest BCUT2D eigenvalue weighted by atomic mass is 9.92. The number of aromatic nitrogens is 2. The van der Waals surface area contributed by atoms with Crippen LogP contribution in [0.15, 0.2) is 30.3 Å². The van der Waals surface area contributed by atoms with E-state index in [0.717, 1.165) is 49.8 Å². The van der Waals surface area contributed by atoms with Crippen molar-refractivity contribution >= 4 is 11.8 Å². The van der Waals surface area contributed by atoms with Crippen LogP contribution in [-0.2, 0) is 10.2 Å². The van der Waals surface area contributed by atoms with Crippen LogP contribution in [0, 0.1) is 6.92 Å². The maximum atomic E-state index is 12.5. The van der Waals surface area contributed by atoms with Gasteiger partial charge in [-0.1, -0.05) is 38.5 Å².